The topological polar surface area (TPSA) is 61.8 Å². The SMILES string of the molecule is COc1ccc2c(c1)OC(=O)C(c1ccccc1)C2c1ccc(/C=C/C(=O)OC(C)(C)C)cc1. The Hall–Kier alpha value is -3.86. The highest BCUT2D eigenvalue weighted by molar-refractivity contribution is 5.87. The van der Waals surface area contributed by atoms with E-state index >= 15 is 0 Å². The minimum absolute atomic E-state index is 0.228. The molecule has 1 aliphatic heterocycles. The quantitative estimate of drug-likeness (QED) is 0.272. The molecule has 1 heterocycles. The summed E-state index contributed by atoms with van der Waals surface area (Å²) in [6.07, 6.45) is 3.15. The molecule has 0 radical (unpaired) electrons. The number of methoxy groups -OCH3 is 1. The lowest BCUT2D eigenvalue weighted by Crippen LogP contribution is -2.30. The zero-order chi connectivity index (χ0) is 24.3. The first-order valence-electron chi connectivity index (χ1n) is 11.2. The van der Waals surface area contributed by atoms with Crippen molar-refractivity contribution in [2.24, 2.45) is 0 Å². The summed E-state index contributed by atoms with van der Waals surface area (Å²) in [6.45, 7) is 5.50. The molecule has 174 valence electrons. The van der Waals surface area contributed by atoms with Crippen molar-refractivity contribution in [1.29, 1.82) is 0 Å². The average Bonchev–Trinajstić information content (AvgIpc) is 2.81. The van der Waals surface area contributed by atoms with Crippen molar-refractivity contribution in [2.45, 2.75) is 38.2 Å². The Morgan fingerprint density at radius 2 is 1.59 bits per heavy atom. The third-order valence-electron chi connectivity index (χ3n) is 5.63. The molecule has 34 heavy (non-hydrogen) atoms. The van der Waals surface area contributed by atoms with Crippen LogP contribution in [0.1, 0.15) is 54.9 Å². The fraction of sp³-hybridized carbons (Fsp3) is 0.241. The largest absolute Gasteiger partial charge is 0.497 e. The van der Waals surface area contributed by atoms with Crippen LogP contribution in [0.25, 0.3) is 6.08 Å². The van der Waals surface area contributed by atoms with Gasteiger partial charge in [0, 0.05) is 23.6 Å². The molecule has 0 aliphatic carbocycles. The summed E-state index contributed by atoms with van der Waals surface area (Å²) in [5.74, 6) is -0.260. The van der Waals surface area contributed by atoms with Crippen molar-refractivity contribution in [3.8, 4) is 11.5 Å². The van der Waals surface area contributed by atoms with Crippen LogP contribution < -0.4 is 9.47 Å². The van der Waals surface area contributed by atoms with Crippen LogP contribution in [0, 0.1) is 0 Å². The Morgan fingerprint density at radius 1 is 0.912 bits per heavy atom. The second-order valence-electron chi connectivity index (χ2n) is 9.22. The number of benzene rings is 3. The van der Waals surface area contributed by atoms with E-state index in [1.807, 2.05) is 87.5 Å². The molecule has 5 nitrogen and oxygen atoms in total. The maximum Gasteiger partial charge on any atom is 0.331 e. The van der Waals surface area contributed by atoms with Gasteiger partial charge in [-0.1, -0.05) is 60.7 Å². The van der Waals surface area contributed by atoms with Crippen molar-refractivity contribution >= 4 is 18.0 Å². The number of carbonyl (C=O) groups excluding carboxylic acids is 2. The molecule has 0 saturated heterocycles. The fourth-order valence-electron chi connectivity index (χ4n) is 4.15. The second kappa shape index (κ2) is 9.56. The summed E-state index contributed by atoms with van der Waals surface area (Å²) >= 11 is 0. The molecule has 0 spiro atoms. The molecule has 0 aromatic heterocycles. The lowest BCUT2D eigenvalue weighted by atomic mass is 9.75. The van der Waals surface area contributed by atoms with Crippen LogP contribution in [0.2, 0.25) is 0 Å². The number of hydrogen-bond acceptors (Lipinski definition) is 5. The molecule has 0 bridgehead atoms. The Balaban J connectivity index is 1.69. The Morgan fingerprint density at radius 3 is 2.24 bits per heavy atom. The summed E-state index contributed by atoms with van der Waals surface area (Å²) < 4.78 is 16.4. The molecule has 0 fully saturated rings. The van der Waals surface area contributed by atoms with Crippen molar-refractivity contribution < 1.29 is 23.8 Å². The van der Waals surface area contributed by atoms with Crippen molar-refractivity contribution in [1.82, 2.24) is 0 Å². The van der Waals surface area contributed by atoms with Gasteiger partial charge in [0.2, 0.25) is 0 Å². The van der Waals surface area contributed by atoms with E-state index < -0.39 is 17.5 Å². The van der Waals surface area contributed by atoms with Crippen LogP contribution in [0.5, 0.6) is 11.5 Å². The lowest BCUT2D eigenvalue weighted by molar-refractivity contribution is -0.148. The lowest BCUT2D eigenvalue weighted by Gasteiger charge is -2.33. The maximum absolute atomic E-state index is 13.2. The molecule has 3 aromatic rings. The summed E-state index contributed by atoms with van der Waals surface area (Å²) in [5.41, 5.74) is 3.12. The minimum Gasteiger partial charge on any atom is -0.497 e. The summed E-state index contributed by atoms with van der Waals surface area (Å²) in [4.78, 5) is 25.2. The highest BCUT2D eigenvalue weighted by Crippen LogP contribution is 2.47. The van der Waals surface area contributed by atoms with Gasteiger partial charge in [-0.25, -0.2) is 4.79 Å². The molecule has 4 rings (SSSR count). The number of fused-ring (bicyclic) bond motifs is 1. The molecule has 0 amide bonds. The van der Waals surface area contributed by atoms with Gasteiger partial charge in [-0.15, -0.1) is 0 Å². The van der Waals surface area contributed by atoms with Gasteiger partial charge in [-0.3, -0.25) is 4.79 Å². The second-order valence-corrected chi connectivity index (χ2v) is 9.22. The molecule has 5 heteroatoms. The van der Waals surface area contributed by atoms with E-state index in [0.717, 1.165) is 22.3 Å². The molecule has 2 unspecified atom stereocenters. The number of rotatable bonds is 5. The highest BCUT2D eigenvalue weighted by atomic mass is 16.6. The highest BCUT2D eigenvalue weighted by Gasteiger charge is 2.39. The van der Waals surface area contributed by atoms with Crippen LogP contribution >= 0.6 is 0 Å². The number of carbonyl (C=O) groups is 2. The molecule has 0 N–H and O–H groups in total. The van der Waals surface area contributed by atoms with Crippen LogP contribution in [-0.4, -0.2) is 24.6 Å². The molecule has 3 aromatic carbocycles. The van der Waals surface area contributed by atoms with Gasteiger partial charge in [0.1, 0.15) is 17.1 Å². The van der Waals surface area contributed by atoms with Gasteiger partial charge in [-0.05, 0) is 49.6 Å². The monoisotopic (exact) mass is 456 g/mol. The van der Waals surface area contributed by atoms with Gasteiger partial charge < -0.3 is 14.2 Å². The van der Waals surface area contributed by atoms with Crippen molar-refractivity contribution in [3.63, 3.8) is 0 Å². The molecule has 2 atom stereocenters. The third-order valence-corrected chi connectivity index (χ3v) is 5.63. The van der Waals surface area contributed by atoms with Gasteiger partial charge in [0.05, 0.1) is 13.0 Å². The zero-order valence-corrected chi connectivity index (χ0v) is 19.8. The first-order chi connectivity index (χ1) is 16.2. The predicted molar refractivity (Wildman–Crippen MR) is 131 cm³/mol. The van der Waals surface area contributed by atoms with Crippen LogP contribution in [0.15, 0.2) is 78.9 Å². The van der Waals surface area contributed by atoms with Gasteiger partial charge >= 0.3 is 11.9 Å². The minimum atomic E-state index is -0.538. The van der Waals surface area contributed by atoms with E-state index in [-0.39, 0.29) is 11.9 Å². The summed E-state index contributed by atoms with van der Waals surface area (Å²) in [6, 6.07) is 23.1. The number of ether oxygens (including phenoxy) is 3. The van der Waals surface area contributed by atoms with Crippen molar-refractivity contribution in [3.05, 3.63) is 101 Å². The first-order valence-corrected chi connectivity index (χ1v) is 11.2. The number of hydrogen-bond donors (Lipinski definition) is 0. The standard InChI is InChI=1S/C29H28O5/c1-29(2,3)34-25(30)17-12-19-10-13-21(14-11-19)26-23-16-15-22(32-4)18-24(23)33-28(31)27(26)20-8-6-5-7-9-20/h5-18,26-27H,1-4H3/b17-12+. The van der Waals surface area contributed by atoms with E-state index in [1.165, 1.54) is 6.08 Å². The predicted octanol–water partition coefficient (Wildman–Crippen LogP) is 5.88. The molecular weight excluding hydrogens is 428 g/mol. The molecule has 0 saturated carbocycles. The van der Waals surface area contributed by atoms with E-state index in [4.69, 9.17) is 14.2 Å². The van der Waals surface area contributed by atoms with Gasteiger partial charge in [0.25, 0.3) is 0 Å². The Kier molecular flexibility index (Phi) is 6.55. The smallest absolute Gasteiger partial charge is 0.331 e. The van der Waals surface area contributed by atoms with Crippen molar-refractivity contribution in [2.75, 3.05) is 7.11 Å². The maximum atomic E-state index is 13.2. The van der Waals surface area contributed by atoms with E-state index in [2.05, 4.69) is 0 Å². The molecular formula is C29H28O5. The average molecular weight is 457 g/mol. The van der Waals surface area contributed by atoms with E-state index in [9.17, 15) is 9.59 Å². The van der Waals surface area contributed by atoms with Gasteiger partial charge in [-0.2, -0.15) is 0 Å². The van der Waals surface area contributed by atoms with E-state index in [0.29, 0.717) is 11.5 Å². The van der Waals surface area contributed by atoms with E-state index in [1.54, 1.807) is 19.3 Å². The first kappa shape index (κ1) is 23.3. The van der Waals surface area contributed by atoms with Crippen LogP contribution in [0.3, 0.4) is 0 Å². The van der Waals surface area contributed by atoms with Crippen LogP contribution in [0.4, 0.5) is 0 Å². The fourth-order valence-corrected chi connectivity index (χ4v) is 4.15. The van der Waals surface area contributed by atoms with Crippen LogP contribution in [-0.2, 0) is 14.3 Å². The third kappa shape index (κ3) is 5.20. The normalized spacial score (nSPS) is 17.7. The zero-order valence-electron chi connectivity index (χ0n) is 19.8. The summed E-state index contributed by atoms with van der Waals surface area (Å²) in [7, 11) is 1.58. The van der Waals surface area contributed by atoms with Gasteiger partial charge in [0.15, 0.2) is 0 Å². The number of esters is 2. The molecule has 1 aliphatic rings. The summed E-state index contributed by atoms with van der Waals surface area (Å²) in [5, 5.41) is 0. The Labute approximate surface area is 200 Å². The Bertz CT molecular complexity index is 1200.